The number of likely N-dealkylation sites (N-methyl/N-ethyl adjacent to an activating group) is 1. The first-order valence-corrected chi connectivity index (χ1v) is 9.59. The van der Waals surface area contributed by atoms with Gasteiger partial charge in [0.15, 0.2) is 0 Å². The molecule has 3 aliphatic heterocycles. The van der Waals surface area contributed by atoms with E-state index in [0.717, 1.165) is 49.7 Å². The third-order valence-corrected chi connectivity index (χ3v) is 5.78. The molecule has 3 amide bonds. The molecular formula is C20H27N4O3+. The number of carbonyl (C=O) groups is 2. The molecule has 0 aromatic heterocycles. The van der Waals surface area contributed by atoms with Crippen LogP contribution in [0.2, 0.25) is 0 Å². The van der Waals surface area contributed by atoms with Crippen molar-refractivity contribution >= 4 is 11.9 Å². The predicted octanol–water partition coefficient (Wildman–Crippen LogP) is -0.297. The number of urea groups is 1. The Hall–Kier alpha value is -2.38. The number of nitrogens with one attached hydrogen (secondary N) is 2. The molecule has 0 unspecified atom stereocenters. The lowest BCUT2D eigenvalue weighted by atomic mass is 9.95. The number of ether oxygens (including phenoxy) is 1. The first kappa shape index (κ1) is 18.0. The zero-order valence-corrected chi connectivity index (χ0v) is 16.0. The van der Waals surface area contributed by atoms with Crippen LogP contribution in [-0.2, 0) is 9.53 Å². The summed E-state index contributed by atoms with van der Waals surface area (Å²) in [4.78, 5) is 30.5. The van der Waals surface area contributed by atoms with Gasteiger partial charge in [-0.2, -0.15) is 0 Å². The molecule has 1 aromatic rings. The normalized spacial score (nSPS) is 23.7. The van der Waals surface area contributed by atoms with Gasteiger partial charge in [0.1, 0.15) is 13.1 Å². The standard InChI is InChI=1S/C20H26N4O3/c1-14-3-5-15(6-4-14)18-17-16(22(2)20(26)21-18)13-24(19(17)25)8-7-23-9-11-27-12-10-23/h3-6,18H,7-13H2,1-2H3,(H,21,26)/p+1/t18-/m0/s1. The maximum Gasteiger partial charge on any atom is 0.322 e. The maximum absolute atomic E-state index is 13.2. The number of aryl methyl sites for hydroxylation is 1. The number of nitrogens with zero attached hydrogens (tertiary/aromatic N) is 2. The molecule has 27 heavy (non-hydrogen) atoms. The maximum atomic E-state index is 13.2. The summed E-state index contributed by atoms with van der Waals surface area (Å²) in [5, 5.41) is 2.99. The van der Waals surface area contributed by atoms with E-state index in [4.69, 9.17) is 4.74 Å². The van der Waals surface area contributed by atoms with Crippen LogP contribution in [0.5, 0.6) is 0 Å². The molecule has 1 atom stereocenters. The highest BCUT2D eigenvalue weighted by atomic mass is 16.5. The van der Waals surface area contributed by atoms with Gasteiger partial charge in [0, 0.05) is 7.05 Å². The van der Waals surface area contributed by atoms with E-state index in [-0.39, 0.29) is 18.0 Å². The zero-order valence-electron chi connectivity index (χ0n) is 16.0. The monoisotopic (exact) mass is 371 g/mol. The number of amides is 3. The second-order valence-electron chi connectivity index (χ2n) is 7.55. The lowest BCUT2D eigenvalue weighted by Crippen LogP contribution is -3.14. The van der Waals surface area contributed by atoms with Gasteiger partial charge in [-0.05, 0) is 12.5 Å². The average molecular weight is 371 g/mol. The predicted molar refractivity (Wildman–Crippen MR) is 100 cm³/mol. The Balaban J connectivity index is 1.53. The Morgan fingerprint density at radius 3 is 2.59 bits per heavy atom. The summed E-state index contributed by atoms with van der Waals surface area (Å²) in [5.41, 5.74) is 3.63. The van der Waals surface area contributed by atoms with E-state index in [9.17, 15) is 9.59 Å². The van der Waals surface area contributed by atoms with Crippen molar-refractivity contribution in [3.63, 3.8) is 0 Å². The number of carbonyl (C=O) groups excluding carboxylic acids is 2. The topological polar surface area (TPSA) is 66.3 Å². The summed E-state index contributed by atoms with van der Waals surface area (Å²) in [5.74, 6) is 0.0371. The number of rotatable bonds is 4. The lowest BCUT2D eigenvalue weighted by molar-refractivity contribution is -0.907. The van der Waals surface area contributed by atoms with Crippen LogP contribution in [0.4, 0.5) is 4.79 Å². The first-order chi connectivity index (χ1) is 13.0. The Kier molecular flexibility index (Phi) is 4.88. The van der Waals surface area contributed by atoms with E-state index in [1.54, 1.807) is 11.9 Å². The Bertz CT molecular complexity index is 768. The second-order valence-corrected chi connectivity index (χ2v) is 7.55. The molecule has 144 valence electrons. The summed E-state index contributed by atoms with van der Waals surface area (Å²) in [6.45, 7) is 7.69. The molecule has 3 aliphatic rings. The van der Waals surface area contributed by atoms with Crippen molar-refractivity contribution in [1.29, 1.82) is 0 Å². The van der Waals surface area contributed by atoms with Crippen molar-refractivity contribution in [3.8, 4) is 0 Å². The highest BCUT2D eigenvalue weighted by Crippen LogP contribution is 2.35. The van der Waals surface area contributed by atoms with Gasteiger partial charge in [-0.25, -0.2) is 4.79 Å². The fourth-order valence-corrected chi connectivity index (χ4v) is 4.02. The van der Waals surface area contributed by atoms with Gasteiger partial charge in [0.2, 0.25) is 0 Å². The Morgan fingerprint density at radius 2 is 1.89 bits per heavy atom. The van der Waals surface area contributed by atoms with Crippen molar-refractivity contribution in [2.75, 3.05) is 53.0 Å². The van der Waals surface area contributed by atoms with Gasteiger partial charge in [-0.3, -0.25) is 9.69 Å². The minimum Gasteiger partial charge on any atom is -0.370 e. The summed E-state index contributed by atoms with van der Waals surface area (Å²) in [6.07, 6.45) is 0. The van der Waals surface area contributed by atoms with Gasteiger partial charge in [-0.1, -0.05) is 29.8 Å². The number of benzene rings is 1. The zero-order chi connectivity index (χ0) is 19.0. The van der Waals surface area contributed by atoms with Crippen LogP contribution in [0.25, 0.3) is 0 Å². The fourth-order valence-electron chi connectivity index (χ4n) is 4.02. The van der Waals surface area contributed by atoms with E-state index in [2.05, 4.69) is 5.32 Å². The summed E-state index contributed by atoms with van der Waals surface area (Å²) in [6, 6.07) is 7.47. The van der Waals surface area contributed by atoms with Crippen molar-refractivity contribution in [2.24, 2.45) is 0 Å². The number of quaternary nitrogens is 1. The number of hydrogen-bond acceptors (Lipinski definition) is 3. The molecule has 1 fully saturated rings. The summed E-state index contributed by atoms with van der Waals surface area (Å²) < 4.78 is 5.41. The van der Waals surface area contributed by atoms with Crippen molar-refractivity contribution in [1.82, 2.24) is 15.1 Å². The molecule has 2 N–H and O–H groups in total. The molecule has 0 aliphatic carbocycles. The molecule has 7 heteroatoms. The van der Waals surface area contributed by atoms with Crippen LogP contribution in [-0.4, -0.2) is 74.7 Å². The molecule has 3 heterocycles. The molecule has 0 saturated carbocycles. The van der Waals surface area contributed by atoms with Crippen molar-refractivity contribution in [2.45, 2.75) is 13.0 Å². The van der Waals surface area contributed by atoms with Crippen LogP contribution >= 0.6 is 0 Å². The molecule has 1 aromatic carbocycles. The van der Waals surface area contributed by atoms with Gasteiger partial charge >= 0.3 is 6.03 Å². The quantitative estimate of drug-likeness (QED) is 0.764. The van der Waals surface area contributed by atoms with Crippen LogP contribution in [0.15, 0.2) is 35.5 Å². The summed E-state index contributed by atoms with van der Waals surface area (Å²) in [7, 11) is 1.74. The van der Waals surface area contributed by atoms with Crippen LogP contribution in [0.1, 0.15) is 17.2 Å². The van der Waals surface area contributed by atoms with Gasteiger partial charge in [0.05, 0.1) is 50.2 Å². The number of hydrogen-bond donors (Lipinski definition) is 2. The van der Waals surface area contributed by atoms with Crippen LogP contribution < -0.4 is 10.2 Å². The summed E-state index contributed by atoms with van der Waals surface area (Å²) >= 11 is 0. The smallest absolute Gasteiger partial charge is 0.322 e. The van der Waals surface area contributed by atoms with E-state index >= 15 is 0 Å². The molecule has 0 radical (unpaired) electrons. The third kappa shape index (κ3) is 3.44. The SMILES string of the molecule is Cc1ccc([C@@H]2NC(=O)N(C)C3=C2C(=O)N(CC[NH+]2CCOCC2)C3)cc1. The highest BCUT2D eigenvalue weighted by Gasteiger charge is 2.42. The average Bonchev–Trinajstić information content (AvgIpc) is 3.01. The minimum absolute atomic E-state index is 0.0371. The van der Waals surface area contributed by atoms with Crippen LogP contribution in [0.3, 0.4) is 0 Å². The first-order valence-electron chi connectivity index (χ1n) is 9.59. The molecular weight excluding hydrogens is 344 g/mol. The highest BCUT2D eigenvalue weighted by molar-refractivity contribution is 6.01. The fraction of sp³-hybridized carbons (Fsp3) is 0.500. The lowest BCUT2D eigenvalue weighted by Gasteiger charge is -2.31. The van der Waals surface area contributed by atoms with Gasteiger partial charge < -0.3 is 19.9 Å². The minimum atomic E-state index is -0.377. The molecule has 0 spiro atoms. The second kappa shape index (κ2) is 7.32. The molecule has 7 nitrogen and oxygen atoms in total. The van der Waals surface area contributed by atoms with Crippen molar-refractivity contribution < 1.29 is 19.2 Å². The Morgan fingerprint density at radius 1 is 1.19 bits per heavy atom. The van der Waals surface area contributed by atoms with Crippen molar-refractivity contribution in [3.05, 3.63) is 46.7 Å². The van der Waals surface area contributed by atoms with Gasteiger partial charge in [-0.15, -0.1) is 0 Å². The Labute approximate surface area is 159 Å². The molecule has 4 rings (SSSR count). The van der Waals surface area contributed by atoms with E-state index in [1.807, 2.05) is 36.1 Å². The van der Waals surface area contributed by atoms with Crippen LogP contribution in [0, 0.1) is 6.92 Å². The van der Waals surface area contributed by atoms with E-state index in [0.29, 0.717) is 18.7 Å². The number of morpholine rings is 1. The van der Waals surface area contributed by atoms with E-state index < -0.39 is 0 Å². The third-order valence-electron chi connectivity index (χ3n) is 5.78. The molecule has 1 saturated heterocycles. The van der Waals surface area contributed by atoms with Gasteiger partial charge in [0.25, 0.3) is 5.91 Å². The largest absolute Gasteiger partial charge is 0.370 e. The van der Waals surface area contributed by atoms with E-state index in [1.165, 1.54) is 4.90 Å². The molecule has 0 bridgehead atoms.